The molecule has 0 N–H and O–H groups in total. The fourth-order valence-corrected chi connectivity index (χ4v) is 6.18. The van der Waals surface area contributed by atoms with Gasteiger partial charge in [-0.05, 0) is 53.0 Å². The Morgan fingerprint density at radius 1 is 0.923 bits per heavy atom. The first kappa shape index (κ1) is 16.5. The highest BCUT2D eigenvalue weighted by molar-refractivity contribution is 6.22. The molecule has 0 spiro atoms. The molecule has 2 aromatic carbocycles. The summed E-state index contributed by atoms with van der Waals surface area (Å²) in [6, 6.07) is 22.2. The minimum absolute atomic E-state index is 0.320. The quantitative estimate of drug-likeness (QED) is 0.371. The van der Waals surface area contributed by atoms with Crippen LogP contribution in [-0.4, -0.2) is 15.7 Å². The highest BCUT2D eigenvalue weighted by atomic mass is 35.5. The smallest absolute Gasteiger partial charge is 0.104 e. The van der Waals surface area contributed by atoms with Crippen molar-refractivity contribution in [3.8, 4) is 0 Å². The van der Waals surface area contributed by atoms with Crippen LogP contribution < -0.4 is 0 Å². The van der Waals surface area contributed by atoms with E-state index < -0.39 is 5.00 Å². The highest BCUT2D eigenvalue weighted by Gasteiger charge is 2.70. The summed E-state index contributed by atoms with van der Waals surface area (Å²) in [7, 11) is 0. The normalized spacial score (nSPS) is 31.7. The second-order valence-electron chi connectivity index (χ2n) is 8.70. The summed E-state index contributed by atoms with van der Waals surface area (Å²) in [4.78, 5) is -0.474. The molecule has 2 aliphatic carbocycles. The number of alkyl halides is 1. The number of rotatable bonds is 3. The van der Waals surface area contributed by atoms with Crippen molar-refractivity contribution >= 4 is 11.6 Å². The van der Waals surface area contributed by atoms with Gasteiger partial charge in [-0.25, -0.2) is 0 Å². The number of hydrogen-bond acceptors (Lipinski definition) is 1. The molecular formula is C23H26ClN2+. The first-order valence-electron chi connectivity index (χ1n) is 9.84. The SMILES string of the molecule is CC(C)(Cl)[N+]1=NC(c2ccccc2)(c2ccccc2)C2C3CCC(C3)C21. The third kappa shape index (κ3) is 2.18. The van der Waals surface area contributed by atoms with Gasteiger partial charge < -0.3 is 0 Å². The predicted octanol–water partition coefficient (Wildman–Crippen LogP) is 5.80. The molecule has 3 heteroatoms. The van der Waals surface area contributed by atoms with Crippen LogP contribution in [0.5, 0.6) is 0 Å². The highest BCUT2D eigenvalue weighted by Crippen LogP contribution is 2.63. The largest absolute Gasteiger partial charge is 0.256 e. The Morgan fingerprint density at radius 3 is 2.00 bits per heavy atom. The Morgan fingerprint density at radius 2 is 1.46 bits per heavy atom. The Bertz CT molecular complexity index is 798. The fraction of sp³-hybridized carbons (Fsp3) is 0.478. The van der Waals surface area contributed by atoms with Crippen molar-refractivity contribution in [1.82, 2.24) is 0 Å². The molecule has 2 bridgehead atoms. The van der Waals surface area contributed by atoms with E-state index in [4.69, 9.17) is 16.7 Å². The van der Waals surface area contributed by atoms with Crippen LogP contribution in [0.25, 0.3) is 0 Å². The van der Waals surface area contributed by atoms with Gasteiger partial charge in [0.25, 0.3) is 5.00 Å². The first-order valence-corrected chi connectivity index (χ1v) is 10.2. The fourth-order valence-electron chi connectivity index (χ4n) is 6.03. The lowest BCUT2D eigenvalue weighted by molar-refractivity contribution is -0.666. The number of nitrogens with zero attached hydrogens (tertiary/aromatic N) is 2. The summed E-state index contributed by atoms with van der Waals surface area (Å²) in [6.07, 6.45) is 3.99. The maximum Gasteiger partial charge on any atom is 0.256 e. The molecule has 134 valence electrons. The van der Waals surface area contributed by atoms with Gasteiger partial charge in [-0.2, -0.15) is 0 Å². The van der Waals surface area contributed by atoms with Crippen LogP contribution in [-0.2, 0) is 5.54 Å². The molecule has 2 aromatic rings. The molecule has 3 aliphatic rings. The van der Waals surface area contributed by atoms with E-state index in [0.29, 0.717) is 12.0 Å². The molecule has 0 amide bonds. The molecule has 26 heavy (non-hydrogen) atoms. The van der Waals surface area contributed by atoms with Gasteiger partial charge in [0, 0.05) is 19.8 Å². The van der Waals surface area contributed by atoms with E-state index in [-0.39, 0.29) is 5.54 Å². The van der Waals surface area contributed by atoms with E-state index in [9.17, 15) is 0 Å². The molecule has 1 aliphatic heterocycles. The van der Waals surface area contributed by atoms with Gasteiger partial charge in [0.2, 0.25) is 0 Å². The molecule has 0 radical (unpaired) electrons. The van der Waals surface area contributed by atoms with Crippen LogP contribution in [0.1, 0.15) is 44.2 Å². The van der Waals surface area contributed by atoms with E-state index in [0.717, 1.165) is 11.8 Å². The number of hydrogen-bond donors (Lipinski definition) is 0. The Labute approximate surface area is 160 Å². The van der Waals surface area contributed by atoms with E-state index in [1.54, 1.807) is 0 Å². The number of azo groups is 2. The van der Waals surface area contributed by atoms with Gasteiger partial charge in [0.05, 0.1) is 5.92 Å². The maximum absolute atomic E-state index is 6.88. The van der Waals surface area contributed by atoms with E-state index in [1.165, 1.54) is 30.4 Å². The summed E-state index contributed by atoms with van der Waals surface area (Å²) >= 11 is 6.88. The lowest BCUT2D eigenvalue weighted by Crippen LogP contribution is -2.44. The van der Waals surface area contributed by atoms with Gasteiger partial charge in [-0.15, -0.1) is 4.70 Å². The molecule has 5 rings (SSSR count). The van der Waals surface area contributed by atoms with Crippen molar-refractivity contribution in [2.45, 2.75) is 49.7 Å². The van der Waals surface area contributed by atoms with Crippen LogP contribution in [0.3, 0.4) is 0 Å². The van der Waals surface area contributed by atoms with Crippen LogP contribution in [0, 0.1) is 17.8 Å². The minimum Gasteiger partial charge on any atom is -0.104 e. The van der Waals surface area contributed by atoms with Gasteiger partial charge in [-0.1, -0.05) is 60.7 Å². The van der Waals surface area contributed by atoms with Crippen LogP contribution in [0.2, 0.25) is 0 Å². The van der Waals surface area contributed by atoms with Crippen LogP contribution in [0.15, 0.2) is 65.8 Å². The minimum atomic E-state index is -0.474. The van der Waals surface area contributed by atoms with Crippen molar-refractivity contribution in [1.29, 1.82) is 0 Å². The molecule has 2 saturated carbocycles. The molecule has 2 fully saturated rings. The lowest BCUT2D eigenvalue weighted by atomic mass is 9.66. The average Bonchev–Trinajstić information content (AvgIpc) is 3.34. The topological polar surface area (TPSA) is 15.4 Å². The lowest BCUT2D eigenvalue weighted by Gasteiger charge is -2.34. The molecule has 1 heterocycles. The van der Waals surface area contributed by atoms with Gasteiger partial charge >= 0.3 is 0 Å². The molecule has 4 unspecified atom stereocenters. The Balaban J connectivity index is 1.80. The van der Waals surface area contributed by atoms with Crippen molar-refractivity contribution < 1.29 is 4.70 Å². The number of fused-ring (bicyclic) bond motifs is 5. The summed E-state index contributed by atoms with van der Waals surface area (Å²) in [5.41, 5.74) is 2.29. The Hall–Kier alpha value is -1.67. The first-order chi connectivity index (χ1) is 12.5. The molecule has 4 atom stereocenters. The second kappa shape index (κ2) is 5.66. The zero-order valence-corrected chi connectivity index (χ0v) is 16.2. The molecule has 0 aromatic heterocycles. The zero-order valence-electron chi connectivity index (χ0n) is 15.5. The van der Waals surface area contributed by atoms with E-state index in [2.05, 4.69) is 79.2 Å². The average molecular weight is 366 g/mol. The van der Waals surface area contributed by atoms with Crippen molar-refractivity contribution in [3.63, 3.8) is 0 Å². The second-order valence-corrected chi connectivity index (χ2v) is 9.63. The van der Waals surface area contributed by atoms with E-state index >= 15 is 0 Å². The number of benzene rings is 2. The third-order valence-electron chi connectivity index (χ3n) is 6.88. The van der Waals surface area contributed by atoms with Crippen LogP contribution in [0.4, 0.5) is 0 Å². The monoisotopic (exact) mass is 365 g/mol. The van der Waals surface area contributed by atoms with Gasteiger partial charge in [-0.3, -0.25) is 0 Å². The van der Waals surface area contributed by atoms with Gasteiger partial charge in [0.15, 0.2) is 11.6 Å². The third-order valence-corrected chi connectivity index (χ3v) is 7.05. The predicted molar refractivity (Wildman–Crippen MR) is 104 cm³/mol. The molecular weight excluding hydrogens is 340 g/mol. The zero-order chi connectivity index (χ0) is 17.9. The molecule has 0 saturated heterocycles. The standard InChI is InChI=1S/C23H26ClN2/c1-22(2,24)26-21-17-14-13-16(15-17)20(21)23(25-26,18-9-5-3-6-10-18)19-11-7-4-8-12-19/h3-12,16-17,20-21H,13-15H2,1-2H3/q+1. The summed E-state index contributed by atoms with van der Waals surface area (Å²) < 4.78 is 2.27. The molecule has 2 nitrogen and oxygen atoms in total. The van der Waals surface area contributed by atoms with Crippen molar-refractivity contribution in [3.05, 3.63) is 71.8 Å². The summed E-state index contributed by atoms with van der Waals surface area (Å²) in [5.74, 6) is 1.96. The van der Waals surface area contributed by atoms with Crippen molar-refractivity contribution in [2.75, 3.05) is 0 Å². The summed E-state index contributed by atoms with van der Waals surface area (Å²) in [6.45, 7) is 4.18. The van der Waals surface area contributed by atoms with Crippen LogP contribution >= 0.6 is 11.6 Å². The Kier molecular flexibility index (Phi) is 3.59. The van der Waals surface area contributed by atoms with Gasteiger partial charge in [0.1, 0.15) is 0 Å². The summed E-state index contributed by atoms with van der Waals surface area (Å²) in [5, 5.41) is 5.46. The van der Waals surface area contributed by atoms with E-state index in [1.807, 2.05) is 0 Å². The maximum atomic E-state index is 6.88. The van der Waals surface area contributed by atoms with Crippen molar-refractivity contribution in [2.24, 2.45) is 22.9 Å². The number of halogens is 1.